The molecule has 0 aliphatic heterocycles. The van der Waals surface area contributed by atoms with Crippen molar-refractivity contribution in [3.05, 3.63) is 39.7 Å². The molecular weight excluding hydrogens is 344 g/mol. The first-order valence-electron chi connectivity index (χ1n) is 7.76. The smallest absolute Gasteiger partial charge is 0.339 e. The molecule has 0 radical (unpaired) electrons. The second-order valence-corrected chi connectivity index (χ2v) is 5.60. The van der Waals surface area contributed by atoms with Crippen LogP contribution in [-0.2, 0) is 20.8 Å². The molecule has 138 valence electrons. The second-order valence-electron chi connectivity index (χ2n) is 5.60. The molecule has 1 aromatic carbocycles. The number of carboxylic acids is 1. The Hall–Kier alpha value is -3.36. The molecule has 0 unspecified atom stereocenters. The number of hydrogen-bond donors (Lipinski definition) is 3. The number of nitrogens with one attached hydrogen (secondary N) is 2. The first kappa shape index (κ1) is 19.0. The van der Waals surface area contributed by atoms with E-state index >= 15 is 0 Å². The zero-order valence-corrected chi connectivity index (χ0v) is 14.0. The van der Waals surface area contributed by atoms with E-state index in [1.54, 1.807) is 13.0 Å². The number of aromatic hydroxyl groups is 1. The molecular formula is C17H17N2O7-. The maximum atomic E-state index is 12.1. The van der Waals surface area contributed by atoms with Gasteiger partial charge in [-0.3, -0.25) is 9.59 Å². The van der Waals surface area contributed by atoms with E-state index < -0.39 is 30.0 Å². The van der Waals surface area contributed by atoms with Crippen molar-refractivity contribution in [1.82, 2.24) is 10.6 Å². The van der Waals surface area contributed by atoms with Crippen molar-refractivity contribution in [2.45, 2.75) is 19.8 Å². The fourth-order valence-electron chi connectivity index (χ4n) is 2.41. The number of carboxylic acid groups (broad SMARTS) is 1. The van der Waals surface area contributed by atoms with E-state index in [0.717, 1.165) is 0 Å². The standard InChI is InChI=1S/C17H18N2O7/c1-9-11-3-2-10(20)6-13(11)26-17(25)12(9)4-5-14(21)18-7-15(22)19-8-16(23)24/h2-3,6,20H,4-5,7-8H2,1H3,(H,18,21)(H,19,22)(H,23,24)/p-1. The van der Waals surface area contributed by atoms with Gasteiger partial charge < -0.3 is 30.1 Å². The maximum Gasteiger partial charge on any atom is 0.339 e. The molecule has 2 rings (SSSR count). The summed E-state index contributed by atoms with van der Waals surface area (Å²) < 4.78 is 5.17. The van der Waals surface area contributed by atoms with Gasteiger partial charge in [0, 0.05) is 23.4 Å². The van der Waals surface area contributed by atoms with E-state index in [9.17, 15) is 29.4 Å². The quantitative estimate of drug-likeness (QED) is 0.520. The van der Waals surface area contributed by atoms with E-state index in [-0.39, 0.29) is 30.7 Å². The molecule has 1 aromatic heterocycles. The Balaban J connectivity index is 1.98. The Kier molecular flexibility index (Phi) is 5.94. The predicted octanol–water partition coefficient (Wildman–Crippen LogP) is -1.28. The summed E-state index contributed by atoms with van der Waals surface area (Å²) in [5.41, 5.74) is 0.640. The number of phenolic OH excluding ortho intramolecular Hbond substituents is 1. The van der Waals surface area contributed by atoms with Crippen LogP contribution in [0.15, 0.2) is 27.4 Å². The van der Waals surface area contributed by atoms with Gasteiger partial charge in [-0.2, -0.15) is 0 Å². The lowest BCUT2D eigenvalue weighted by molar-refractivity contribution is -0.304. The summed E-state index contributed by atoms with van der Waals surface area (Å²) in [6, 6.07) is 4.43. The number of aliphatic carboxylic acids is 1. The highest BCUT2D eigenvalue weighted by Gasteiger charge is 2.14. The largest absolute Gasteiger partial charge is 0.548 e. The zero-order valence-electron chi connectivity index (χ0n) is 14.0. The van der Waals surface area contributed by atoms with Crippen LogP contribution in [0.5, 0.6) is 5.75 Å². The number of amides is 2. The Morgan fingerprint density at radius 1 is 1.15 bits per heavy atom. The average Bonchev–Trinajstić information content (AvgIpc) is 2.57. The van der Waals surface area contributed by atoms with Crippen molar-refractivity contribution in [2.24, 2.45) is 0 Å². The van der Waals surface area contributed by atoms with Crippen LogP contribution in [0.4, 0.5) is 0 Å². The lowest BCUT2D eigenvalue weighted by atomic mass is 10.0. The third-order valence-corrected chi connectivity index (χ3v) is 3.75. The molecule has 0 aliphatic rings. The summed E-state index contributed by atoms with van der Waals surface area (Å²) in [5, 5.41) is 24.7. The number of aryl methyl sites for hydroxylation is 1. The van der Waals surface area contributed by atoms with Gasteiger partial charge in [0.15, 0.2) is 0 Å². The van der Waals surface area contributed by atoms with E-state index in [4.69, 9.17) is 4.42 Å². The fourth-order valence-corrected chi connectivity index (χ4v) is 2.41. The van der Waals surface area contributed by atoms with Crippen LogP contribution in [0, 0.1) is 6.92 Å². The molecule has 1 heterocycles. The van der Waals surface area contributed by atoms with Gasteiger partial charge in [0.1, 0.15) is 11.3 Å². The lowest BCUT2D eigenvalue weighted by Crippen LogP contribution is -2.42. The topological polar surface area (TPSA) is 149 Å². The van der Waals surface area contributed by atoms with Crippen LogP contribution >= 0.6 is 0 Å². The number of phenols is 1. The first-order chi connectivity index (χ1) is 12.3. The highest BCUT2D eigenvalue weighted by atomic mass is 16.4. The summed E-state index contributed by atoms with van der Waals surface area (Å²) in [6.45, 7) is 0.704. The minimum Gasteiger partial charge on any atom is -0.548 e. The number of carbonyl (C=O) groups is 3. The minimum absolute atomic E-state index is 0.0240. The van der Waals surface area contributed by atoms with E-state index in [1.807, 2.05) is 0 Å². The van der Waals surface area contributed by atoms with Gasteiger partial charge in [0.25, 0.3) is 0 Å². The highest BCUT2D eigenvalue weighted by Crippen LogP contribution is 2.23. The van der Waals surface area contributed by atoms with Gasteiger partial charge in [-0.25, -0.2) is 4.79 Å². The van der Waals surface area contributed by atoms with Gasteiger partial charge in [-0.1, -0.05) is 0 Å². The average molecular weight is 361 g/mol. The lowest BCUT2D eigenvalue weighted by Gasteiger charge is -2.09. The normalized spacial score (nSPS) is 10.5. The molecule has 0 spiro atoms. The van der Waals surface area contributed by atoms with Crippen molar-refractivity contribution in [2.75, 3.05) is 13.1 Å². The Labute approximate surface area is 147 Å². The van der Waals surface area contributed by atoms with Crippen LogP contribution in [0.2, 0.25) is 0 Å². The zero-order chi connectivity index (χ0) is 19.3. The molecule has 9 nitrogen and oxygen atoms in total. The van der Waals surface area contributed by atoms with E-state index in [0.29, 0.717) is 16.5 Å². The number of fused-ring (bicyclic) bond motifs is 1. The molecule has 2 aromatic rings. The summed E-state index contributed by atoms with van der Waals surface area (Å²) in [7, 11) is 0. The third kappa shape index (κ3) is 4.82. The van der Waals surface area contributed by atoms with Gasteiger partial charge in [0.2, 0.25) is 11.8 Å². The number of rotatable bonds is 7. The van der Waals surface area contributed by atoms with E-state index in [2.05, 4.69) is 10.6 Å². The number of carbonyl (C=O) groups excluding carboxylic acids is 3. The van der Waals surface area contributed by atoms with Crippen molar-refractivity contribution in [3.63, 3.8) is 0 Å². The summed E-state index contributed by atoms with van der Waals surface area (Å²) in [5.74, 6) is -2.59. The third-order valence-electron chi connectivity index (χ3n) is 3.75. The minimum atomic E-state index is -1.43. The fraction of sp³-hybridized carbons (Fsp3) is 0.294. The Morgan fingerprint density at radius 3 is 2.54 bits per heavy atom. The number of benzene rings is 1. The molecule has 0 aliphatic carbocycles. The van der Waals surface area contributed by atoms with Crippen molar-refractivity contribution in [1.29, 1.82) is 0 Å². The van der Waals surface area contributed by atoms with Gasteiger partial charge >= 0.3 is 5.63 Å². The van der Waals surface area contributed by atoms with Crippen LogP contribution < -0.4 is 21.4 Å². The van der Waals surface area contributed by atoms with Gasteiger partial charge in [0.05, 0.1) is 19.1 Å². The van der Waals surface area contributed by atoms with Crippen LogP contribution in [-0.4, -0.2) is 36.0 Å². The highest BCUT2D eigenvalue weighted by molar-refractivity contribution is 5.86. The molecule has 9 heteroatoms. The molecule has 0 fully saturated rings. The molecule has 0 atom stereocenters. The summed E-state index contributed by atoms with van der Waals surface area (Å²) >= 11 is 0. The predicted molar refractivity (Wildman–Crippen MR) is 88.2 cm³/mol. The van der Waals surface area contributed by atoms with Gasteiger partial charge in [-0.15, -0.1) is 0 Å². The monoisotopic (exact) mass is 361 g/mol. The van der Waals surface area contributed by atoms with Crippen molar-refractivity contribution in [3.8, 4) is 5.75 Å². The SMILES string of the molecule is Cc1c(CCC(=O)NCC(=O)NCC(=O)[O-])c(=O)oc2cc(O)ccc12. The summed E-state index contributed by atoms with van der Waals surface area (Å²) in [6.07, 6.45) is 0.0560. The maximum absolute atomic E-state index is 12.1. The molecule has 26 heavy (non-hydrogen) atoms. The Bertz CT molecular complexity index is 917. The van der Waals surface area contributed by atoms with Crippen LogP contribution in [0.25, 0.3) is 11.0 Å². The molecule has 0 saturated carbocycles. The van der Waals surface area contributed by atoms with Crippen LogP contribution in [0.3, 0.4) is 0 Å². The number of hydrogen-bond acceptors (Lipinski definition) is 7. The second kappa shape index (κ2) is 8.15. The van der Waals surface area contributed by atoms with Crippen LogP contribution in [0.1, 0.15) is 17.5 Å². The molecule has 0 bridgehead atoms. The van der Waals surface area contributed by atoms with Crippen molar-refractivity contribution < 1.29 is 29.0 Å². The molecule has 0 saturated heterocycles. The summed E-state index contributed by atoms with van der Waals surface area (Å²) in [4.78, 5) is 45.4. The molecule has 3 N–H and O–H groups in total. The van der Waals surface area contributed by atoms with Gasteiger partial charge in [-0.05, 0) is 31.0 Å². The van der Waals surface area contributed by atoms with E-state index in [1.165, 1.54) is 12.1 Å². The Morgan fingerprint density at radius 2 is 1.85 bits per heavy atom. The van der Waals surface area contributed by atoms with Crippen molar-refractivity contribution >= 4 is 28.8 Å². The molecule has 2 amide bonds. The first-order valence-corrected chi connectivity index (χ1v) is 7.76.